The Bertz CT molecular complexity index is 319. The Balaban J connectivity index is 2.77. The van der Waals surface area contributed by atoms with Crippen LogP contribution in [0, 0.1) is 17.1 Å². The Morgan fingerprint density at radius 1 is 1.58 bits per heavy atom. The highest BCUT2D eigenvalue weighted by molar-refractivity contribution is 6.30. The summed E-state index contributed by atoms with van der Waals surface area (Å²) in [4.78, 5) is 0. The van der Waals surface area contributed by atoms with Crippen molar-refractivity contribution in [2.75, 3.05) is 11.9 Å². The first kappa shape index (κ1) is 8.82. The maximum atomic E-state index is 12.8. The van der Waals surface area contributed by atoms with E-state index >= 15 is 0 Å². The van der Waals surface area contributed by atoms with E-state index in [0.717, 1.165) is 0 Å². The van der Waals surface area contributed by atoms with E-state index in [-0.39, 0.29) is 11.6 Å². The van der Waals surface area contributed by atoms with Gasteiger partial charge in [-0.1, -0.05) is 11.6 Å². The van der Waals surface area contributed by atoms with Crippen molar-refractivity contribution < 1.29 is 4.39 Å². The average Bonchev–Trinajstić information content (AvgIpc) is 2.07. The van der Waals surface area contributed by atoms with Crippen molar-refractivity contribution in [2.45, 2.75) is 0 Å². The summed E-state index contributed by atoms with van der Waals surface area (Å²) >= 11 is 5.45. The van der Waals surface area contributed by atoms with Gasteiger partial charge in [-0.3, -0.25) is 0 Å². The Morgan fingerprint density at radius 3 is 2.92 bits per heavy atom. The lowest BCUT2D eigenvalue weighted by molar-refractivity contribution is 0.629. The van der Waals surface area contributed by atoms with E-state index in [1.54, 1.807) is 6.07 Å². The first-order valence-electron chi connectivity index (χ1n) is 3.30. The topological polar surface area (TPSA) is 35.8 Å². The fraction of sp³-hybridized carbons (Fsp3) is 0.125. The van der Waals surface area contributed by atoms with Crippen molar-refractivity contribution in [1.29, 1.82) is 5.26 Å². The van der Waals surface area contributed by atoms with Crippen LogP contribution in [0.25, 0.3) is 0 Å². The summed E-state index contributed by atoms with van der Waals surface area (Å²) in [6, 6.07) is 6.19. The minimum absolute atomic E-state index is 0.0810. The van der Waals surface area contributed by atoms with Crippen molar-refractivity contribution in [3.05, 3.63) is 29.0 Å². The standard InChI is InChI=1S/C8H6ClFN2/c9-7-2-1-6(5-8(7)10)12-4-3-11/h1-2,5,12H,4H2. The second-order valence-electron chi connectivity index (χ2n) is 2.14. The van der Waals surface area contributed by atoms with Crippen LogP contribution in [0.2, 0.25) is 5.02 Å². The molecule has 1 aromatic rings. The number of rotatable bonds is 2. The number of nitrogens with zero attached hydrogens (tertiary/aromatic N) is 1. The molecule has 62 valence electrons. The highest BCUT2D eigenvalue weighted by Crippen LogP contribution is 2.18. The van der Waals surface area contributed by atoms with Gasteiger partial charge >= 0.3 is 0 Å². The molecule has 0 unspecified atom stereocenters. The largest absolute Gasteiger partial charge is 0.372 e. The van der Waals surface area contributed by atoms with Crippen LogP contribution >= 0.6 is 11.6 Å². The molecule has 0 amide bonds. The van der Waals surface area contributed by atoms with Gasteiger partial charge in [0.2, 0.25) is 0 Å². The summed E-state index contributed by atoms with van der Waals surface area (Å²) in [5, 5.41) is 11.0. The smallest absolute Gasteiger partial charge is 0.143 e. The Kier molecular flexibility index (Phi) is 2.89. The fourth-order valence-electron chi connectivity index (χ4n) is 0.748. The van der Waals surface area contributed by atoms with Gasteiger partial charge in [-0.25, -0.2) is 4.39 Å². The van der Waals surface area contributed by atoms with Crippen molar-refractivity contribution in [2.24, 2.45) is 0 Å². The molecule has 1 aromatic carbocycles. The van der Waals surface area contributed by atoms with Gasteiger partial charge in [0, 0.05) is 5.69 Å². The second kappa shape index (κ2) is 3.93. The zero-order valence-corrected chi connectivity index (χ0v) is 6.90. The van der Waals surface area contributed by atoms with Crippen LogP contribution in [0.5, 0.6) is 0 Å². The number of anilines is 1. The average molecular weight is 185 g/mol. The second-order valence-corrected chi connectivity index (χ2v) is 2.55. The number of halogens is 2. The van der Waals surface area contributed by atoms with Gasteiger partial charge in [0.25, 0.3) is 0 Å². The quantitative estimate of drug-likeness (QED) is 0.717. The summed E-state index contributed by atoms with van der Waals surface area (Å²) in [5.41, 5.74) is 0.554. The van der Waals surface area contributed by atoms with Crippen LogP contribution in [-0.2, 0) is 0 Å². The van der Waals surface area contributed by atoms with E-state index in [1.807, 2.05) is 6.07 Å². The number of hydrogen-bond acceptors (Lipinski definition) is 2. The van der Waals surface area contributed by atoms with Crippen molar-refractivity contribution in [1.82, 2.24) is 0 Å². The van der Waals surface area contributed by atoms with Crippen molar-refractivity contribution in [3.8, 4) is 6.07 Å². The molecule has 0 radical (unpaired) electrons. The van der Waals surface area contributed by atoms with Crippen LogP contribution in [0.15, 0.2) is 18.2 Å². The van der Waals surface area contributed by atoms with E-state index < -0.39 is 5.82 Å². The third kappa shape index (κ3) is 2.11. The van der Waals surface area contributed by atoms with Gasteiger partial charge < -0.3 is 5.32 Å². The lowest BCUT2D eigenvalue weighted by atomic mass is 10.3. The molecule has 12 heavy (non-hydrogen) atoms. The summed E-state index contributed by atoms with van der Waals surface area (Å²) in [6.07, 6.45) is 0. The third-order valence-corrected chi connectivity index (χ3v) is 1.60. The molecule has 0 aromatic heterocycles. The Hall–Kier alpha value is -1.27. The van der Waals surface area contributed by atoms with Gasteiger partial charge in [0.05, 0.1) is 11.1 Å². The zero-order valence-electron chi connectivity index (χ0n) is 6.14. The molecule has 0 fully saturated rings. The SMILES string of the molecule is N#CCNc1ccc(Cl)c(F)c1. The molecule has 2 nitrogen and oxygen atoms in total. The zero-order chi connectivity index (χ0) is 8.97. The van der Waals surface area contributed by atoms with E-state index in [4.69, 9.17) is 16.9 Å². The number of nitriles is 1. The molecule has 0 bridgehead atoms. The molecule has 0 saturated heterocycles. The Labute approximate surface area is 74.6 Å². The molecule has 0 heterocycles. The van der Waals surface area contributed by atoms with Crippen molar-refractivity contribution in [3.63, 3.8) is 0 Å². The number of hydrogen-bond donors (Lipinski definition) is 1. The monoisotopic (exact) mass is 184 g/mol. The molecule has 0 aliphatic carbocycles. The fourth-order valence-corrected chi connectivity index (χ4v) is 0.865. The van der Waals surface area contributed by atoms with Gasteiger partial charge in [-0.15, -0.1) is 0 Å². The minimum Gasteiger partial charge on any atom is -0.372 e. The molecule has 1 rings (SSSR count). The minimum atomic E-state index is -0.486. The number of benzene rings is 1. The number of nitrogens with one attached hydrogen (secondary N) is 1. The first-order valence-corrected chi connectivity index (χ1v) is 3.67. The summed E-state index contributed by atoms with van der Waals surface area (Å²) < 4.78 is 12.8. The summed E-state index contributed by atoms with van der Waals surface area (Å²) in [7, 11) is 0. The van der Waals surface area contributed by atoms with E-state index in [0.29, 0.717) is 5.69 Å². The lowest BCUT2D eigenvalue weighted by Crippen LogP contribution is -1.98. The van der Waals surface area contributed by atoms with Crippen LogP contribution in [0.4, 0.5) is 10.1 Å². The molecular weight excluding hydrogens is 179 g/mol. The van der Waals surface area contributed by atoms with Crippen LogP contribution in [0.1, 0.15) is 0 Å². The highest BCUT2D eigenvalue weighted by Gasteiger charge is 1.99. The molecular formula is C8H6ClFN2. The maximum Gasteiger partial charge on any atom is 0.143 e. The third-order valence-electron chi connectivity index (χ3n) is 1.29. The van der Waals surface area contributed by atoms with Gasteiger partial charge in [-0.05, 0) is 18.2 Å². The lowest BCUT2D eigenvalue weighted by Gasteiger charge is -2.01. The summed E-state index contributed by atoms with van der Waals surface area (Å²) in [5.74, 6) is -0.486. The summed E-state index contributed by atoms with van der Waals surface area (Å²) in [6.45, 7) is 0.154. The predicted octanol–water partition coefficient (Wildman–Crippen LogP) is 2.41. The molecule has 0 aliphatic heterocycles. The predicted molar refractivity (Wildman–Crippen MR) is 45.5 cm³/mol. The van der Waals surface area contributed by atoms with Gasteiger partial charge in [0.15, 0.2) is 0 Å². The van der Waals surface area contributed by atoms with E-state index in [2.05, 4.69) is 5.32 Å². The molecule has 0 spiro atoms. The normalized spacial score (nSPS) is 9.08. The van der Waals surface area contributed by atoms with Crippen LogP contribution < -0.4 is 5.32 Å². The molecule has 0 atom stereocenters. The highest BCUT2D eigenvalue weighted by atomic mass is 35.5. The van der Waals surface area contributed by atoms with E-state index in [9.17, 15) is 4.39 Å². The van der Waals surface area contributed by atoms with Gasteiger partial charge in [-0.2, -0.15) is 5.26 Å². The molecule has 4 heteroatoms. The van der Waals surface area contributed by atoms with Gasteiger partial charge in [0.1, 0.15) is 12.4 Å². The maximum absolute atomic E-state index is 12.8. The molecule has 0 saturated carbocycles. The van der Waals surface area contributed by atoms with Crippen LogP contribution in [0.3, 0.4) is 0 Å². The molecule has 0 aliphatic rings. The van der Waals surface area contributed by atoms with Crippen molar-refractivity contribution >= 4 is 17.3 Å². The van der Waals surface area contributed by atoms with Crippen LogP contribution in [-0.4, -0.2) is 6.54 Å². The Morgan fingerprint density at radius 2 is 2.33 bits per heavy atom. The first-order chi connectivity index (χ1) is 5.74. The molecule has 1 N–H and O–H groups in total. The van der Waals surface area contributed by atoms with E-state index in [1.165, 1.54) is 12.1 Å².